The molecule has 0 aromatic carbocycles. The smallest absolute Gasteiger partial charge is 0.187 e. The van der Waals surface area contributed by atoms with Crippen molar-refractivity contribution in [2.24, 2.45) is 0 Å². The second kappa shape index (κ2) is 3.97. The van der Waals surface area contributed by atoms with Gasteiger partial charge in [-0.3, -0.25) is 4.90 Å². The SMILES string of the molecule is CN1C(=S)CN(CCI)C1O. The van der Waals surface area contributed by atoms with Gasteiger partial charge in [0.1, 0.15) is 0 Å². The molecule has 0 amide bonds. The maximum Gasteiger partial charge on any atom is 0.187 e. The van der Waals surface area contributed by atoms with Crippen LogP contribution in [0.2, 0.25) is 0 Å². The molecule has 0 spiro atoms. The lowest BCUT2D eigenvalue weighted by Crippen LogP contribution is -2.37. The molecule has 0 saturated carbocycles. The Hall–Kier alpha value is 0.540. The van der Waals surface area contributed by atoms with Crippen LogP contribution in [0.4, 0.5) is 0 Å². The standard InChI is InChI=1S/C6H11IN2OS/c1-8-5(11)4-9(3-2-7)6(8)10/h6,10H,2-4H2,1H3. The molecule has 0 bridgehead atoms. The molecule has 1 saturated heterocycles. The average molecular weight is 286 g/mol. The number of alkyl halides is 1. The minimum atomic E-state index is -0.503. The first-order chi connectivity index (χ1) is 5.16. The number of aliphatic hydroxyl groups excluding tert-OH is 1. The number of rotatable bonds is 2. The van der Waals surface area contributed by atoms with Crippen LogP contribution in [0.25, 0.3) is 0 Å². The van der Waals surface area contributed by atoms with Crippen LogP contribution >= 0.6 is 34.8 Å². The van der Waals surface area contributed by atoms with Gasteiger partial charge in [0.15, 0.2) is 6.35 Å². The molecule has 0 aromatic heterocycles. The van der Waals surface area contributed by atoms with E-state index in [4.69, 9.17) is 12.2 Å². The zero-order valence-electron chi connectivity index (χ0n) is 6.33. The lowest BCUT2D eigenvalue weighted by atomic mass is 10.6. The molecule has 1 N–H and O–H groups in total. The van der Waals surface area contributed by atoms with Crippen molar-refractivity contribution >= 4 is 39.8 Å². The maximum atomic E-state index is 9.52. The molecule has 1 heterocycles. The topological polar surface area (TPSA) is 26.7 Å². The van der Waals surface area contributed by atoms with Gasteiger partial charge >= 0.3 is 0 Å². The Morgan fingerprint density at radius 3 is 2.82 bits per heavy atom. The summed E-state index contributed by atoms with van der Waals surface area (Å²) < 4.78 is 1.02. The molecule has 1 atom stereocenters. The summed E-state index contributed by atoms with van der Waals surface area (Å²) in [6, 6.07) is 0. The maximum absolute atomic E-state index is 9.52. The molecule has 1 unspecified atom stereocenters. The molecule has 11 heavy (non-hydrogen) atoms. The zero-order chi connectivity index (χ0) is 8.43. The van der Waals surface area contributed by atoms with Gasteiger partial charge in [-0.1, -0.05) is 34.8 Å². The Labute approximate surface area is 85.5 Å². The summed E-state index contributed by atoms with van der Waals surface area (Å²) in [6.45, 7) is 1.61. The lowest BCUT2D eigenvalue weighted by molar-refractivity contribution is -0.0327. The monoisotopic (exact) mass is 286 g/mol. The number of thiocarbonyl (C=S) groups is 1. The number of likely N-dealkylation sites (N-methyl/N-ethyl adjacent to an activating group) is 1. The third-order valence-electron chi connectivity index (χ3n) is 1.78. The molecule has 1 rings (SSSR count). The van der Waals surface area contributed by atoms with Crippen LogP contribution in [0.1, 0.15) is 0 Å². The van der Waals surface area contributed by atoms with Crippen LogP contribution in [0.5, 0.6) is 0 Å². The van der Waals surface area contributed by atoms with Crippen LogP contribution in [0.3, 0.4) is 0 Å². The molecular formula is C6H11IN2OS. The summed E-state index contributed by atoms with van der Waals surface area (Å²) in [5, 5.41) is 9.52. The minimum Gasteiger partial charge on any atom is -0.361 e. The van der Waals surface area contributed by atoms with Gasteiger partial charge in [-0.25, -0.2) is 0 Å². The summed E-state index contributed by atoms with van der Waals surface area (Å²) in [6.07, 6.45) is -0.503. The van der Waals surface area contributed by atoms with E-state index in [0.717, 1.165) is 22.5 Å². The van der Waals surface area contributed by atoms with Crippen molar-refractivity contribution in [3.63, 3.8) is 0 Å². The first-order valence-corrected chi connectivity index (χ1v) is 5.34. The van der Waals surface area contributed by atoms with Crippen LogP contribution in [0.15, 0.2) is 0 Å². The van der Waals surface area contributed by atoms with Gasteiger partial charge in [-0.15, -0.1) is 0 Å². The van der Waals surface area contributed by atoms with Gasteiger partial charge in [-0.2, -0.15) is 0 Å². The molecular weight excluding hydrogens is 275 g/mol. The van der Waals surface area contributed by atoms with E-state index in [1.807, 2.05) is 11.9 Å². The van der Waals surface area contributed by atoms with Gasteiger partial charge in [0.25, 0.3) is 0 Å². The summed E-state index contributed by atoms with van der Waals surface area (Å²) in [4.78, 5) is 4.50. The van der Waals surface area contributed by atoms with Gasteiger partial charge < -0.3 is 10.0 Å². The fourth-order valence-corrected chi connectivity index (χ4v) is 1.92. The van der Waals surface area contributed by atoms with Crippen molar-refractivity contribution in [3.05, 3.63) is 0 Å². The van der Waals surface area contributed by atoms with Crippen molar-refractivity contribution in [2.75, 3.05) is 24.6 Å². The Morgan fingerprint density at radius 1 is 1.82 bits per heavy atom. The van der Waals surface area contributed by atoms with Crippen molar-refractivity contribution in [2.45, 2.75) is 6.35 Å². The molecule has 0 radical (unpaired) electrons. The summed E-state index contributed by atoms with van der Waals surface area (Å²) in [7, 11) is 1.82. The van der Waals surface area contributed by atoms with Crippen LogP contribution in [-0.2, 0) is 0 Å². The second-order valence-corrected chi connectivity index (χ2v) is 4.06. The largest absolute Gasteiger partial charge is 0.361 e. The quantitative estimate of drug-likeness (QED) is 0.448. The van der Waals surface area contributed by atoms with Gasteiger partial charge in [0.2, 0.25) is 0 Å². The highest BCUT2D eigenvalue weighted by Gasteiger charge is 2.29. The molecule has 1 aliphatic rings. The number of hydrogen-bond acceptors (Lipinski definition) is 3. The Bertz CT molecular complexity index is 167. The van der Waals surface area contributed by atoms with Gasteiger partial charge in [0, 0.05) is 18.0 Å². The van der Waals surface area contributed by atoms with Crippen molar-refractivity contribution in [1.82, 2.24) is 9.80 Å². The molecule has 3 nitrogen and oxygen atoms in total. The highest BCUT2D eigenvalue weighted by molar-refractivity contribution is 14.1. The highest BCUT2D eigenvalue weighted by atomic mass is 127. The van der Waals surface area contributed by atoms with Crippen molar-refractivity contribution in [1.29, 1.82) is 0 Å². The van der Waals surface area contributed by atoms with Crippen LogP contribution in [-0.4, -0.2) is 50.8 Å². The summed E-state index contributed by atoms with van der Waals surface area (Å²) in [5.41, 5.74) is 0. The predicted molar refractivity (Wildman–Crippen MR) is 56.8 cm³/mol. The van der Waals surface area contributed by atoms with Crippen LogP contribution < -0.4 is 0 Å². The van der Waals surface area contributed by atoms with E-state index in [-0.39, 0.29) is 0 Å². The Kier molecular flexibility index (Phi) is 3.48. The van der Waals surface area contributed by atoms with Gasteiger partial charge in [0.05, 0.1) is 11.5 Å². The average Bonchev–Trinajstić information content (AvgIpc) is 2.19. The molecule has 1 fully saturated rings. The number of aliphatic hydroxyl groups is 1. The third-order valence-corrected chi connectivity index (χ3v) is 2.68. The lowest BCUT2D eigenvalue weighted by Gasteiger charge is -2.21. The van der Waals surface area contributed by atoms with Crippen molar-refractivity contribution in [3.8, 4) is 0 Å². The predicted octanol–water partition coefficient (Wildman–Crippen LogP) is 0.272. The molecule has 0 aromatic rings. The fraction of sp³-hybridized carbons (Fsp3) is 0.833. The highest BCUT2D eigenvalue weighted by Crippen LogP contribution is 2.12. The minimum absolute atomic E-state index is 0.503. The molecule has 64 valence electrons. The third kappa shape index (κ3) is 2.01. The molecule has 1 aliphatic heterocycles. The summed E-state index contributed by atoms with van der Waals surface area (Å²) >= 11 is 7.32. The van der Waals surface area contributed by atoms with E-state index in [1.54, 1.807) is 4.90 Å². The summed E-state index contributed by atoms with van der Waals surface area (Å²) in [5.74, 6) is 0. The Balaban J connectivity index is 2.52. The molecule has 5 heteroatoms. The fourth-order valence-electron chi connectivity index (χ4n) is 1.04. The van der Waals surface area contributed by atoms with E-state index in [9.17, 15) is 5.11 Å². The second-order valence-electron chi connectivity index (χ2n) is 2.51. The van der Waals surface area contributed by atoms with E-state index in [1.165, 1.54) is 0 Å². The molecule has 0 aliphatic carbocycles. The van der Waals surface area contributed by atoms with E-state index >= 15 is 0 Å². The zero-order valence-corrected chi connectivity index (χ0v) is 9.30. The van der Waals surface area contributed by atoms with Gasteiger partial charge in [-0.05, 0) is 0 Å². The first-order valence-electron chi connectivity index (χ1n) is 3.40. The normalized spacial score (nSPS) is 26.6. The van der Waals surface area contributed by atoms with Crippen LogP contribution in [0, 0.1) is 0 Å². The number of nitrogens with zero attached hydrogens (tertiary/aromatic N) is 2. The van der Waals surface area contributed by atoms with E-state index in [0.29, 0.717) is 0 Å². The first kappa shape index (κ1) is 9.63. The number of hydrogen-bond donors (Lipinski definition) is 1. The van der Waals surface area contributed by atoms with Crippen molar-refractivity contribution < 1.29 is 5.11 Å². The van der Waals surface area contributed by atoms with E-state index in [2.05, 4.69) is 22.6 Å². The Morgan fingerprint density at radius 2 is 2.45 bits per heavy atom. The number of halogens is 1. The van der Waals surface area contributed by atoms with E-state index < -0.39 is 6.35 Å².